The van der Waals surface area contributed by atoms with Crippen molar-refractivity contribution in [2.45, 2.75) is 13.5 Å². The van der Waals surface area contributed by atoms with Gasteiger partial charge in [-0.15, -0.1) is 11.3 Å². The van der Waals surface area contributed by atoms with Crippen LogP contribution >= 0.6 is 11.3 Å². The number of nitrogens with zero attached hydrogens (tertiary/aromatic N) is 1. The summed E-state index contributed by atoms with van der Waals surface area (Å²) in [4.78, 5) is 28.8. The molecule has 0 amide bonds. The summed E-state index contributed by atoms with van der Waals surface area (Å²) in [6.45, 7) is 2.04. The van der Waals surface area contributed by atoms with Crippen molar-refractivity contribution in [1.82, 2.24) is 4.98 Å². The lowest BCUT2D eigenvalue weighted by molar-refractivity contribution is 0.0432. The van der Waals surface area contributed by atoms with Crippen LogP contribution in [0.15, 0.2) is 69.2 Å². The fraction of sp³-hybridized carbons (Fsp3) is 0.0952. The number of para-hydroxylation sites is 1. The van der Waals surface area contributed by atoms with Gasteiger partial charge in [0.2, 0.25) is 5.76 Å². The first kappa shape index (κ1) is 17.2. The van der Waals surface area contributed by atoms with Gasteiger partial charge in [-0.2, -0.15) is 0 Å². The van der Waals surface area contributed by atoms with Gasteiger partial charge in [-0.3, -0.25) is 4.79 Å². The molecule has 0 atom stereocenters. The van der Waals surface area contributed by atoms with Gasteiger partial charge < -0.3 is 9.15 Å². The minimum absolute atomic E-state index is 0.0116. The quantitative estimate of drug-likeness (QED) is 0.487. The lowest BCUT2D eigenvalue weighted by Gasteiger charge is -2.03. The van der Waals surface area contributed by atoms with E-state index in [4.69, 9.17) is 9.15 Å². The number of aryl methyl sites for hydroxylation is 1. The number of carbonyl (C=O) groups excluding carboxylic acids is 1. The molecule has 134 valence electrons. The first-order valence-corrected chi connectivity index (χ1v) is 9.19. The highest BCUT2D eigenvalue weighted by Gasteiger charge is 2.15. The average Bonchev–Trinajstić information content (AvgIpc) is 3.15. The van der Waals surface area contributed by atoms with Gasteiger partial charge in [0.05, 0.1) is 11.1 Å². The van der Waals surface area contributed by atoms with Crippen molar-refractivity contribution in [3.63, 3.8) is 0 Å². The fourth-order valence-electron chi connectivity index (χ4n) is 2.62. The zero-order valence-corrected chi connectivity index (χ0v) is 15.3. The number of rotatable bonds is 4. The summed E-state index contributed by atoms with van der Waals surface area (Å²) in [6.07, 6.45) is 0. The molecule has 4 rings (SSSR count). The van der Waals surface area contributed by atoms with E-state index in [-0.39, 0.29) is 17.8 Å². The third kappa shape index (κ3) is 3.66. The summed E-state index contributed by atoms with van der Waals surface area (Å²) in [6, 6.07) is 16.0. The minimum Gasteiger partial charge on any atom is -0.453 e. The number of hydrogen-bond acceptors (Lipinski definition) is 6. The number of esters is 1. The number of benzene rings is 2. The first-order valence-electron chi connectivity index (χ1n) is 8.31. The molecule has 6 heteroatoms. The monoisotopic (exact) mass is 377 g/mol. The SMILES string of the molecule is Cc1ccc(-c2nc(COC(=O)c3cc(=O)c4ccccc4o3)cs2)cc1. The standard InChI is InChI=1S/C21H15NO4S/c1-13-6-8-14(9-7-13)20-22-15(12-27-20)11-25-21(24)19-10-17(23)16-4-2-3-5-18(16)26-19/h2-10,12H,11H2,1H3. The second-order valence-electron chi connectivity index (χ2n) is 6.06. The molecule has 0 N–H and O–H groups in total. The molecule has 0 unspecified atom stereocenters. The summed E-state index contributed by atoms with van der Waals surface area (Å²) in [5.74, 6) is -0.810. The molecule has 0 aliphatic carbocycles. The number of fused-ring (bicyclic) bond motifs is 1. The molecule has 2 heterocycles. The molecule has 2 aromatic heterocycles. The largest absolute Gasteiger partial charge is 0.453 e. The molecule has 5 nitrogen and oxygen atoms in total. The van der Waals surface area contributed by atoms with Crippen molar-refractivity contribution in [3.8, 4) is 10.6 Å². The summed E-state index contributed by atoms with van der Waals surface area (Å²) in [7, 11) is 0. The maximum Gasteiger partial charge on any atom is 0.374 e. The number of thiazole rings is 1. The smallest absolute Gasteiger partial charge is 0.374 e. The topological polar surface area (TPSA) is 69.4 Å². The lowest BCUT2D eigenvalue weighted by atomic mass is 10.2. The molecule has 2 aromatic carbocycles. The van der Waals surface area contributed by atoms with E-state index < -0.39 is 5.97 Å². The van der Waals surface area contributed by atoms with Crippen LogP contribution in [0, 0.1) is 6.92 Å². The van der Waals surface area contributed by atoms with Gasteiger partial charge in [0, 0.05) is 17.0 Å². The van der Waals surface area contributed by atoms with E-state index in [1.807, 2.05) is 36.6 Å². The molecule has 0 bridgehead atoms. The summed E-state index contributed by atoms with van der Waals surface area (Å²) >= 11 is 1.48. The van der Waals surface area contributed by atoms with Crippen molar-refractivity contribution >= 4 is 28.3 Å². The molecule has 0 saturated carbocycles. The average molecular weight is 377 g/mol. The maximum absolute atomic E-state index is 12.2. The Balaban J connectivity index is 1.48. The van der Waals surface area contributed by atoms with E-state index in [1.165, 1.54) is 16.9 Å². The second-order valence-corrected chi connectivity index (χ2v) is 6.92. The minimum atomic E-state index is -0.692. The van der Waals surface area contributed by atoms with Gasteiger partial charge in [-0.1, -0.05) is 42.0 Å². The van der Waals surface area contributed by atoms with Crippen LogP contribution in [-0.4, -0.2) is 11.0 Å². The van der Waals surface area contributed by atoms with Crippen LogP contribution in [0.1, 0.15) is 21.8 Å². The molecule has 0 aliphatic rings. The van der Waals surface area contributed by atoms with Crippen molar-refractivity contribution < 1.29 is 13.9 Å². The van der Waals surface area contributed by atoms with Crippen LogP contribution in [-0.2, 0) is 11.3 Å². The number of ether oxygens (including phenoxy) is 1. The van der Waals surface area contributed by atoms with E-state index >= 15 is 0 Å². The zero-order chi connectivity index (χ0) is 18.8. The van der Waals surface area contributed by atoms with Crippen molar-refractivity contribution in [2.24, 2.45) is 0 Å². The van der Waals surface area contributed by atoms with E-state index in [9.17, 15) is 9.59 Å². The lowest BCUT2D eigenvalue weighted by Crippen LogP contribution is -2.10. The van der Waals surface area contributed by atoms with E-state index in [1.54, 1.807) is 24.3 Å². The highest BCUT2D eigenvalue weighted by Crippen LogP contribution is 2.24. The van der Waals surface area contributed by atoms with Gasteiger partial charge in [0.15, 0.2) is 5.43 Å². The van der Waals surface area contributed by atoms with Crippen LogP contribution in [0.5, 0.6) is 0 Å². The number of carbonyl (C=O) groups is 1. The summed E-state index contributed by atoms with van der Waals surface area (Å²) in [5.41, 5.74) is 2.92. The predicted molar refractivity (Wildman–Crippen MR) is 104 cm³/mol. The zero-order valence-electron chi connectivity index (χ0n) is 14.5. The highest BCUT2D eigenvalue weighted by molar-refractivity contribution is 7.13. The first-order chi connectivity index (χ1) is 13.1. The van der Waals surface area contributed by atoms with E-state index in [0.717, 1.165) is 16.6 Å². The van der Waals surface area contributed by atoms with Gasteiger partial charge >= 0.3 is 5.97 Å². The van der Waals surface area contributed by atoms with Crippen molar-refractivity contribution in [1.29, 1.82) is 0 Å². The van der Waals surface area contributed by atoms with Gasteiger partial charge in [-0.25, -0.2) is 9.78 Å². The molecular weight excluding hydrogens is 362 g/mol. The molecule has 0 saturated heterocycles. The number of aromatic nitrogens is 1. The Bertz CT molecular complexity index is 1170. The molecule has 0 radical (unpaired) electrons. The molecule has 4 aromatic rings. The molecule has 27 heavy (non-hydrogen) atoms. The van der Waals surface area contributed by atoms with Gasteiger partial charge in [0.1, 0.15) is 17.2 Å². The second kappa shape index (κ2) is 7.17. The van der Waals surface area contributed by atoms with Gasteiger partial charge in [0.25, 0.3) is 0 Å². The normalized spacial score (nSPS) is 10.9. The number of hydrogen-bond donors (Lipinski definition) is 0. The van der Waals surface area contributed by atoms with E-state index in [2.05, 4.69) is 4.98 Å². The van der Waals surface area contributed by atoms with Crippen LogP contribution < -0.4 is 5.43 Å². The summed E-state index contributed by atoms with van der Waals surface area (Å²) in [5, 5.41) is 3.13. The van der Waals surface area contributed by atoms with Crippen LogP contribution in [0.2, 0.25) is 0 Å². The Morgan fingerprint density at radius 2 is 1.93 bits per heavy atom. The van der Waals surface area contributed by atoms with Crippen molar-refractivity contribution in [3.05, 3.63) is 87.2 Å². The Kier molecular flexibility index (Phi) is 4.56. The Morgan fingerprint density at radius 1 is 1.15 bits per heavy atom. The predicted octanol–water partition coefficient (Wildman–Crippen LogP) is 4.58. The Hall–Kier alpha value is -3.25. The van der Waals surface area contributed by atoms with E-state index in [0.29, 0.717) is 16.7 Å². The maximum atomic E-state index is 12.2. The van der Waals surface area contributed by atoms with Gasteiger partial charge in [-0.05, 0) is 19.1 Å². The van der Waals surface area contributed by atoms with Crippen molar-refractivity contribution in [2.75, 3.05) is 0 Å². The van der Waals surface area contributed by atoms with Crippen LogP contribution in [0.4, 0.5) is 0 Å². The Morgan fingerprint density at radius 3 is 2.74 bits per heavy atom. The Labute approximate surface area is 158 Å². The third-order valence-electron chi connectivity index (χ3n) is 4.04. The third-order valence-corrected chi connectivity index (χ3v) is 4.98. The highest BCUT2D eigenvalue weighted by atomic mass is 32.1. The molecule has 0 fully saturated rings. The van der Waals surface area contributed by atoms with Crippen LogP contribution in [0.3, 0.4) is 0 Å². The summed E-state index contributed by atoms with van der Waals surface area (Å²) < 4.78 is 10.7. The molecule has 0 spiro atoms. The molecular formula is C21H15NO4S. The molecule has 0 aliphatic heterocycles. The van der Waals surface area contributed by atoms with Crippen LogP contribution in [0.25, 0.3) is 21.5 Å². The fourth-order valence-corrected chi connectivity index (χ4v) is 3.43.